The van der Waals surface area contributed by atoms with Gasteiger partial charge < -0.3 is 14.8 Å². The highest BCUT2D eigenvalue weighted by Gasteiger charge is 2.41. The van der Waals surface area contributed by atoms with Gasteiger partial charge in [-0.15, -0.1) is 0 Å². The number of sulfone groups is 1. The normalized spacial score (nSPS) is 20.1. The Morgan fingerprint density at radius 1 is 1.16 bits per heavy atom. The largest absolute Gasteiger partial charge is 0.460 e. The van der Waals surface area contributed by atoms with Gasteiger partial charge in [0.25, 0.3) is 0 Å². The Morgan fingerprint density at radius 3 is 2.47 bits per heavy atom. The molecule has 0 spiro atoms. The molecule has 38 heavy (non-hydrogen) atoms. The van der Waals surface area contributed by atoms with E-state index < -0.39 is 21.7 Å². The molecule has 0 bridgehead atoms. The average Bonchev–Trinajstić information content (AvgIpc) is 3.81. The minimum absolute atomic E-state index is 0.0383. The molecule has 9 nitrogen and oxygen atoms in total. The van der Waals surface area contributed by atoms with Crippen LogP contribution in [0.4, 0.5) is 0 Å². The van der Waals surface area contributed by atoms with Gasteiger partial charge in [0.1, 0.15) is 12.4 Å². The third kappa shape index (κ3) is 7.38. The molecule has 1 saturated heterocycles. The molecule has 0 unspecified atom stereocenters. The molecule has 0 radical (unpaired) electrons. The number of aliphatic imine (C=N–C) groups is 2. The van der Waals surface area contributed by atoms with Crippen LogP contribution in [0.1, 0.15) is 81.8 Å². The molecule has 1 amide bonds. The van der Waals surface area contributed by atoms with Crippen molar-refractivity contribution in [1.29, 1.82) is 0 Å². The molecule has 1 aliphatic heterocycles. The Morgan fingerprint density at radius 2 is 1.87 bits per heavy atom. The van der Waals surface area contributed by atoms with Crippen LogP contribution < -0.4 is 5.32 Å². The van der Waals surface area contributed by atoms with Crippen LogP contribution in [0.25, 0.3) is 0 Å². The third-order valence-corrected chi connectivity index (χ3v) is 9.60. The zero-order valence-electron chi connectivity index (χ0n) is 22.1. The summed E-state index contributed by atoms with van der Waals surface area (Å²) in [5.74, 6) is -0.426. The first-order chi connectivity index (χ1) is 18.2. The molecule has 206 valence electrons. The van der Waals surface area contributed by atoms with Crippen LogP contribution in [0.15, 0.2) is 45.1 Å². The summed E-state index contributed by atoms with van der Waals surface area (Å²) >= 11 is 0. The average molecular weight is 544 g/mol. The molecule has 2 saturated carbocycles. The first-order valence-electron chi connectivity index (χ1n) is 13.3. The number of hydrogen-bond donors (Lipinski definition) is 1. The summed E-state index contributed by atoms with van der Waals surface area (Å²) in [5, 5.41) is 2.57. The van der Waals surface area contributed by atoms with Crippen LogP contribution >= 0.6 is 0 Å². The number of nitrogens with one attached hydrogen (secondary N) is 1. The lowest BCUT2D eigenvalue weighted by Gasteiger charge is -2.27. The predicted molar refractivity (Wildman–Crippen MR) is 145 cm³/mol. The zero-order chi connectivity index (χ0) is 27.3. The van der Waals surface area contributed by atoms with Crippen molar-refractivity contribution in [2.75, 3.05) is 19.8 Å². The molecule has 1 atom stereocenters. The number of rotatable bonds is 12. The first kappa shape index (κ1) is 28.2. The van der Waals surface area contributed by atoms with Gasteiger partial charge in [-0.05, 0) is 87.6 Å². The van der Waals surface area contributed by atoms with E-state index in [1.165, 1.54) is 13.1 Å². The van der Waals surface area contributed by atoms with Gasteiger partial charge in [-0.25, -0.2) is 13.4 Å². The Labute approximate surface area is 224 Å². The molecule has 10 heteroatoms. The molecule has 3 fully saturated rings. The summed E-state index contributed by atoms with van der Waals surface area (Å²) in [6, 6.07) is 5.46. The molecule has 2 aliphatic carbocycles. The van der Waals surface area contributed by atoms with Gasteiger partial charge in [0, 0.05) is 20.1 Å². The summed E-state index contributed by atoms with van der Waals surface area (Å²) < 4.78 is 36.7. The molecule has 3 aliphatic rings. The fourth-order valence-corrected chi connectivity index (χ4v) is 6.69. The van der Waals surface area contributed by atoms with E-state index in [9.17, 15) is 18.0 Å². The van der Waals surface area contributed by atoms with Gasteiger partial charge in [0.2, 0.25) is 5.91 Å². The number of amides is 1. The van der Waals surface area contributed by atoms with E-state index in [-0.39, 0.29) is 29.5 Å². The Bertz CT molecular complexity index is 1220. The van der Waals surface area contributed by atoms with Crippen molar-refractivity contribution >= 4 is 34.1 Å². The summed E-state index contributed by atoms with van der Waals surface area (Å²) in [4.78, 5) is 33.2. The van der Waals surface area contributed by atoms with E-state index in [0.29, 0.717) is 36.2 Å². The van der Waals surface area contributed by atoms with E-state index in [1.54, 1.807) is 19.1 Å². The highest BCUT2D eigenvalue weighted by molar-refractivity contribution is 7.92. The minimum atomic E-state index is -3.34. The van der Waals surface area contributed by atoms with E-state index >= 15 is 0 Å². The highest BCUT2D eigenvalue weighted by atomic mass is 32.2. The van der Waals surface area contributed by atoms with Gasteiger partial charge in [-0.3, -0.25) is 14.6 Å². The van der Waals surface area contributed by atoms with E-state index in [0.717, 1.165) is 49.7 Å². The van der Waals surface area contributed by atoms with Crippen molar-refractivity contribution in [3.63, 3.8) is 0 Å². The van der Waals surface area contributed by atoms with Crippen LogP contribution in [0, 0.1) is 5.92 Å². The molecule has 4 rings (SSSR count). The summed E-state index contributed by atoms with van der Waals surface area (Å²) in [6.45, 7) is 7.94. The number of esters is 1. The number of benzene rings is 1. The van der Waals surface area contributed by atoms with Gasteiger partial charge >= 0.3 is 5.97 Å². The Kier molecular flexibility index (Phi) is 9.15. The van der Waals surface area contributed by atoms with Gasteiger partial charge in [-0.1, -0.05) is 12.1 Å². The third-order valence-electron chi connectivity index (χ3n) is 7.26. The van der Waals surface area contributed by atoms with E-state index in [1.807, 2.05) is 6.07 Å². The van der Waals surface area contributed by atoms with Gasteiger partial charge in [0.05, 0.1) is 28.0 Å². The molecule has 0 aromatic heterocycles. The van der Waals surface area contributed by atoms with Crippen LogP contribution in [-0.2, 0) is 28.9 Å². The van der Waals surface area contributed by atoms with Crippen LogP contribution in [0.2, 0.25) is 0 Å². The lowest BCUT2D eigenvalue weighted by molar-refractivity contribution is -0.139. The van der Waals surface area contributed by atoms with E-state index in [4.69, 9.17) is 9.47 Å². The van der Waals surface area contributed by atoms with Crippen LogP contribution in [-0.4, -0.2) is 57.8 Å². The second kappa shape index (κ2) is 12.3. The maximum atomic E-state index is 13.6. The highest BCUT2D eigenvalue weighted by Crippen LogP contribution is 2.46. The van der Waals surface area contributed by atoms with Crippen molar-refractivity contribution < 1.29 is 27.5 Å². The molecular formula is C28H37N3O6S. The summed E-state index contributed by atoms with van der Waals surface area (Å²) in [5.41, 5.74) is 2.20. The summed E-state index contributed by atoms with van der Waals surface area (Å²) in [7, 11) is -3.34. The topological polar surface area (TPSA) is 123 Å². The van der Waals surface area contributed by atoms with E-state index in [2.05, 4.69) is 22.0 Å². The van der Waals surface area contributed by atoms with Crippen molar-refractivity contribution in [1.82, 2.24) is 5.32 Å². The maximum Gasteiger partial charge on any atom is 0.303 e. The second-order valence-corrected chi connectivity index (χ2v) is 12.7. The zero-order valence-corrected chi connectivity index (χ0v) is 23.0. The van der Waals surface area contributed by atoms with Crippen molar-refractivity contribution in [2.24, 2.45) is 15.9 Å². The number of nitrogens with zero attached hydrogens (tertiary/aromatic N) is 2. The smallest absolute Gasteiger partial charge is 0.303 e. The Hall–Kier alpha value is -2.85. The van der Waals surface area contributed by atoms with Gasteiger partial charge in [0.15, 0.2) is 9.84 Å². The molecule has 1 aromatic rings. The standard InChI is InChI=1S/C28H37N3O6S/c1-18(17-37-19(2)32)30-16-27(29-3)31-28(33)25(14-20-10-12-36-13-11-20)22-6-9-26(24(15-22)21-4-5-21)38(34,35)23-7-8-23/h6,9,15-16,20-21,23,25H,3-5,7-8,10-14,17H2,1-2H3,(H,31,33)/b27-16+,30-18?/t25-/m1/s1. The Balaban J connectivity index is 1.60. The second-order valence-electron chi connectivity index (χ2n) is 10.5. The fourth-order valence-electron chi connectivity index (χ4n) is 4.76. The van der Waals surface area contributed by atoms with Crippen LogP contribution in [0.3, 0.4) is 0 Å². The lowest BCUT2D eigenvalue weighted by Crippen LogP contribution is -2.31. The summed E-state index contributed by atoms with van der Waals surface area (Å²) in [6.07, 6.45) is 7.11. The molecule has 1 heterocycles. The number of hydrogen-bond acceptors (Lipinski definition) is 8. The quantitative estimate of drug-likeness (QED) is 0.314. The van der Waals surface area contributed by atoms with Crippen molar-refractivity contribution in [3.8, 4) is 0 Å². The SMILES string of the molecule is C=N/C(=C\N=C(C)COC(C)=O)NC(=O)[C@H](CC1CCOCC1)c1ccc(S(=O)(=O)C2CC2)c(C2CC2)c1. The van der Waals surface area contributed by atoms with Crippen molar-refractivity contribution in [2.45, 2.75) is 80.8 Å². The number of carbonyl (C=O) groups excluding carboxylic acids is 2. The molecule has 1 N–H and O–H groups in total. The first-order valence-corrected chi connectivity index (χ1v) is 14.8. The van der Waals surface area contributed by atoms with Crippen LogP contribution in [0.5, 0.6) is 0 Å². The predicted octanol–water partition coefficient (Wildman–Crippen LogP) is 4.04. The van der Waals surface area contributed by atoms with Crippen molar-refractivity contribution in [3.05, 3.63) is 41.3 Å². The maximum absolute atomic E-state index is 13.6. The number of carbonyl (C=O) groups is 2. The minimum Gasteiger partial charge on any atom is -0.460 e. The number of ether oxygens (including phenoxy) is 2. The molecule has 1 aromatic carbocycles. The van der Waals surface area contributed by atoms with Gasteiger partial charge in [-0.2, -0.15) is 0 Å². The monoisotopic (exact) mass is 543 g/mol. The fraction of sp³-hybridized carbons (Fsp3) is 0.571. The molecular weight excluding hydrogens is 506 g/mol. The lowest BCUT2D eigenvalue weighted by atomic mass is 9.83.